The van der Waals surface area contributed by atoms with Gasteiger partial charge in [0, 0.05) is 0 Å². The van der Waals surface area contributed by atoms with Crippen LogP contribution in [0.2, 0.25) is 5.02 Å². The van der Waals surface area contributed by atoms with Gasteiger partial charge in [0.1, 0.15) is 11.5 Å². The summed E-state index contributed by atoms with van der Waals surface area (Å²) in [4.78, 5) is 11.1. The van der Waals surface area contributed by atoms with E-state index in [2.05, 4.69) is 19.9 Å². The van der Waals surface area contributed by atoms with E-state index in [4.69, 9.17) is 16.3 Å². The zero-order valence-corrected chi connectivity index (χ0v) is 12.6. The summed E-state index contributed by atoms with van der Waals surface area (Å²) in [6, 6.07) is 11.3. The van der Waals surface area contributed by atoms with Crippen LogP contribution < -0.4 is 4.74 Å². The molecule has 0 radical (unpaired) electrons. The Bertz CT molecular complexity index is 633. The van der Waals surface area contributed by atoms with E-state index in [9.17, 15) is 4.79 Å². The van der Waals surface area contributed by atoms with Gasteiger partial charge in [0.2, 0.25) is 0 Å². The van der Waals surface area contributed by atoms with E-state index in [1.165, 1.54) is 5.56 Å². The maximum atomic E-state index is 11.1. The van der Waals surface area contributed by atoms with E-state index in [-0.39, 0.29) is 0 Å². The molecule has 2 rings (SSSR count). The fourth-order valence-corrected chi connectivity index (χ4v) is 2.14. The van der Waals surface area contributed by atoms with Gasteiger partial charge < -0.3 is 4.74 Å². The van der Waals surface area contributed by atoms with Crippen LogP contribution in [0.25, 0.3) is 0 Å². The molecule has 2 nitrogen and oxygen atoms in total. The standard InChI is InChI=1S/C17H17ClO2/c1-11(2)13-8-7-12(3)17(9-13)20-16-6-4-5-15(18)14(16)10-19/h4-11H,1-3H3. The van der Waals surface area contributed by atoms with Crippen LogP contribution in [-0.4, -0.2) is 6.29 Å². The van der Waals surface area contributed by atoms with Gasteiger partial charge >= 0.3 is 0 Å². The second-order valence-electron chi connectivity index (χ2n) is 5.05. The number of benzene rings is 2. The molecule has 0 N–H and O–H groups in total. The van der Waals surface area contributed by atoms with Crippen LogP contribution in [0.4, 0.5) is 0 Å². The van der Waals surface area contributed by atoms with Crippen molar-refractivity contribution in [3.8, 4) is 11.5 Å². The Morgan fingerprint density at radius 1 is 1.15 bits per heavy atom. The van der Waals surface area contributed by atoms with Crippen molar-refractivity contribution in [2.24, 2.45) is 0 Å². The lowest BCUT2D eigenvalue weighted by Gasteiger charge is -2.14. The molecule has 0 saturated carbocycles. The van der Waals surface area contributed by atoms with Gasteiger partial charge in [0.25, 0.3) is 0 Å². The molecule has 0 aliphatic rings. The lowest BCUT2D eigenvalue weighted by Crippen LogP contribution is -1.95. The molecule has 0 spiro atoms. The second kappa shape index (κ2) is 6.10. The van der Waals surface area contributed by atoms with Gasteiger partial charge in [0.05, 0.1) is 10.6 Å². The Hall–Kier alpha value is -1.80. The number of rotatable bonds is 4. The molecule has 3 heteroatoms. The third-order valence-corrected chi connectivity index (χ3v) is 3.56. The number of carbonyl (C=O) groups excluding carboxylic acids is 1. The SMILES string of the molecule is Cc1ccc(C(C)C)cc1Oc1cccc(Cl)c1C=O. The highest BCUT2D eigenvalue weighted by molar-refractivity contribution is 6.33. The predicted octanol–water partition coefficient (Wildman–Crippen LogP) is 5.38. The Kier molecular flexibility index (Phi) is 4.46. The van der Waals surface area contributed by atoms with Gasteiger partial charge in [-0.05, 0) is 42.2 Å². The van der Waals surface area contributed by atoms with Crippen molar-refractivity contribution in [1.29, 1.82) is 0 Å². The first-order valence-electron chi connectivity index (χ1n) is 6.55. The van der Waals surface area contributed by atoms with Crippen LogP contribution in [0.1, 0.15) is 41.3 Å². The number of ether oxygens (including phenoxy) is 1. The molecular formula is C17H17ClO2. The molecule has 0 aliphatic carbocycles. The first-order chi connectivity index (χ1) is 9.52. The summed E-state index contributed by atoms with van der Waals surface area (Å²) >= 11 is 6.01. The fourth-order valence-electron chi connectivity index (χ4n) is 1.92. The lowest BCUT2D eigenvalue weighted by atomic mass is 10.0. The number of carbonyl (C=O) groups is 1. The van der Waals surface area contributed by atoms with Crippen LogP contribution in [0.15, 0.2) is 36.4 Å². The van der Waals surface area contributed by atoms with E-state index in [1.807, 2.05) is 19.1 Å². The first kappa shape index (κ1) is 14.6. The molecule has 0 aromatic heterocycles. The third kappa shape index (κ3) is 3.02. The molecule has 0 aliphatic heterocycles. The summed E-state index contributed by atoms with van der Waals surface area (Å²) in [5.74, 6) is 1.65. The average molecular weight is 289 g/mol. The smallest absolute Gasteiger partial charge is 0.155 e. The highest BCUT2D eigenvalue weighted by atomic mass is 35.5. The molecule has 0 unspecified atom stereocenters. The summed E-state index contributed by atoms with van der Waals surface area (Å²) in [6.07, 6.45) is 0.722. The van der Waals surface area contributed by atoms with E-state index in [1.54, 1.807) is 18.2 Å². The molecule has 0 amide bonds. The third-order valence-electron chi connectivity index (χ3n) is 3.23. The lowest BCUT2D eigenvalue weighted by molar-refractivity contribution is 0.112. The van der Waals surface area contributed by atoms with Crippen molar-refractivity contribution in [1.82, 2.24) is 0 Å². The maximum absolute atomic E-state index is 11.1. The van der Waals surface area contributed by atoms with E-state index in [0.29, 0.717) is 22.3 Å². The van der Waals surface area contributed by atoms with Gasteiger partial charge in [-0.15, -0.1) is 0 Å². The van der Waals surface area contributed by atoms with Crippen molar-refractivity contribution >= 4 is 17.9 Å². The first-order valence-corrected chi connectivity index (χ1v) is 6.92. The zero-order valence-electron chi connectivity index (χ0n) is 11.8. The molecule has 2 aromatic carbocycles. The van der Waals surface area contributed by atoms with Crippen molar-refractivity contribution < 1.29 is 9.53 Å². The Morgan fingerprint density at radius 3 is 2.55 bits per heavy atom. The molecule has 20 heavy (non-hydrogen) atoms. The predicted molar refractivity (Wildman–Crippen MR) is 82.2 cm³/mol. The Balaban J connectivity index is 2.42. The largest absolute Gasteiger partial charge is 0.456 e. The molecule has 0 bridgehead atoms. The van der Waals surface area contributed by atoms with Crippen molar-refractivity contribution in [3.63, 3.8) is 0 Å². The maximum Gasteiger partial charge on any atom is 0.155 e. The summed E-state index contributed by atoms with van der Waals surface area (Å²) in [6.45, 7) is 6.24. The molecule has 0 fully saturated rings. The molecule has 0 atom stereocenters. The molecule has 2 aromatic rings. The quantitative estimate of drug-likeness (QED) is 0.706. The van der Waals surface area contributed by atoms with Gasteiger partial charge in [-0.3, -0.25) is 4.79 Å². The number of aryl methyl sites for hydroxylation is 1. The summed E-state index contributed by atoms with van der Waals surface area (Å²) < 4.78 is 5.89. The normalized spacial score (nSPS) is 10.7. The van der Waals surface area contributed by atoms with Gasteiger partial charge in [0.15, 0.2) is 6.29 Å². The van der Waals surface area contributed by atoms with Crippen LogP contribution in [-0.2, 0) is 0 Å². The van der Waals surface area contributed by atoms with Crippen molar-refractivity contribution in [2.45, 2.75) is 26.7 Å². The minimum atomic E-state index is 0.378. The number of hydrogen-bond acceptors (Lipinski definition) is 2. The minimum absolute atomic E-state index is 0.378. The highest BCUT2D eigenvalue weighted by Gasteiger charge is 2.11. The van der Waals surface area contributed by atoms with Crippen LogP contribution in [0.5, 0.6) is 11.5 Å². The molecule has 0 heterocycles. The van der Waals surface area contributed by atoms with E-state index < -0.39 is 0 Å². The topological polar surface area (TPSA) is 26.3 Å². The monoisotopic (exact) mass is 288 g/mol. The minimum Gasteiger partial charge on any atom is -0.456 e. The summed E-state index contributed by atoms with van der Waals surface area (Å²) in [7, 11) is 0. The fraction of sp³-hybridized carbons (Fsp3) is 0.235. The number of aldehydes is 1. The average Bonchev–Trinajstić information content (AvgIpc) is 2.41. The van der Waals surface area contributed by atoms with Crippen LogP contribution in [0.3, 0.4) is 0 Å². The molecule has 0 saturated heterocycles. The number of hydrogen-bond donors (Lipinski definition) is 0. The van der Waals surface area contributed by atoms with E-state index in [0.717, 1.165) is 17.6 Å². The van der Waals surface area contributed by atoms with Gasteiger partial charge in [-0.2, -0.15) is 0 Å². The zero-order chi connectivity index (χ0) is 14.7. The number of halogens is 1. The van der Waals surface area contributed by atoms with Crippen molar-refractivity contribution in [2.75, 3.05) is 0 Å². The van der Waals surface area contributed by atoms with Crippen LogP contribution in [0, 0.1) is 6.92 Å². The van der Waals surface area contributed by atoms with Gasteiger partial charge in [-0.25, -0.2) is 0 Å². The molecular weight excluding hydrogens is 272 g/mol. The second-order valence-corrected chi connectivity index (χ2v) is 5.46. The Morgan fingerprint density at radius 2 is 1.90 bits per heavy atom. The summed E-state index contributed by atoms with van der Waals surface area (Å²) in [5, 5.41) is 0.398. The van der Waals surface area contributed by atoms with Crippen molar-refractivity contribution in [3.05, 3.63) is 58.1 Å². The summed E-state index contributed by atoms with van der Waals surface area (Å²) in [5.41, 5.74) is 2.59. The van der Waals surface area contributed by atoms with Crippen LogP contribution >= 0.6 is 11.6 Å². The van der Waals surface area contributed by atoms with E-state index >= 15 is 0 Å². The Labute approximate surface area is 124 Å². The molecule has 104 valence electrons. The highest BCUT2D eigenvalue weighted by Crippen LogP contribution is 2.32. The van der Waals surface area contributed by atoms with Gasteiger partial charge in [-0.1, -0.05) is 43.6 Å².